The molecule has 0 aliphatic carbocycles. The van der Waals surface area contributed by atoms with E-state index >= 15 is 0 Å². The minimum absolute atomic E-state index is 0.187. The van der Waals surface area contributed by atoms with Gasteiger partial charge >= 0.3 is 0 Å². The van der Waals surface area contributed by atoms with Crippen molar-refractivity contribution in [3.05, 3.63) is 102 Å². The standard InChI is InChI=1S/C24H24N2O2/c1-19-9-8-12-21(15-19)17-25-23(27)16-24(28)26(22-13-6-3-7-14-22)18-20-10-4-2-5-11-20/h2-15H,16-18H2,1H3,(H,25,27). The van der Waals surface area contributed by atoms with Gasteiger partial charge in [0.1, 0.15) is 6.42 Å². The largest absolute Gasteiger partial charge is 0.352 e. The minimum Gasteiger partial charge on any atom is -0.352 e. The van der Waals surface area contributed by atoms with Gasteiger partial charge in [0.2, 0.25) is 11.8 Å². The van der Waals surface area contributed by atoms with E-state index in [1.807, 2.05) is 91.9 Å². The SMILES string of the molecule is Cc1cccc(CNC(=O)CC(=O)N(Cc2ccccc2)c2ccccc2)c1. The highest BCUT2D eigenvalue weighted by atomic mass is 16.2. The summed E-state index contributed by atoms with van der Waals surface area (Å²) in [5.41, 5.74) is 3.95. The first-order chi connectivity index (χ1) is 13.6. The second kappa shape index (κ2) is 9.51. The number of benzene rings is 3. The number of para-hydroxylation sites is 1. The third-order valence-electron chi connectivity index (χ3n) is 4.44. The van der Waals surface area contributed by atoms with Gasteiger partial charge in [0, 0.05) is 12.2 Å². The topological polar surface area (TPSA) is 49.4 Å². The van der Waals surface area contributed by atoms with Gasteiger partial charge in [0.05, 0.1) is 6.54 Å². The number of hydrogen-bond acceptors (Lipinski definition) is 2. The Labute approximate surface area is 165 Å². The highest BCUT2D eigenvalue weighted by Gasteiger charge is 2.19. The van der Waals surface area contributed by atoms with E-state index < -0.39 is 0 Å². The predicted molar refractivity (Wildman–Crippen MR) is 112 cm³/mol. The van der Waals surface area contributed by atoms with Crippen molar-refractivity contribution in [2.45, 2.75) is 26.4 Å². The molecular weight excluding hydrogens is 348 g/mol. The molecule has 0 spiro atoms. The summed E-state index contributed by atoms with van der Waals surface area (Å²) in [5.74, 6) is -0.503. The fourth-order valence-electron chi connectivity index (χ4n) is 3.02. The number of nitrogens with one attached hydrogen (secondary N) is 1. The Hall–Kier alpha value is -3.40. The van der Waals surface area contributed by atoms with Crippen molar-refractivity contribution in [2.24, 2.45) is 0 Å². The van der Waals surface area contributed by atoms with E-state index in [0.29, 0.717) is 13.1 Å². The van der Waals surface area contributed by atoms with Crippen molar-refractivity contribution in [1.82, 2.24) is 5.32 Å². The fraction of sp³-hybridized carbons (Fsp3) is 0.167. The summed E-state index contributed by atoms with van der Waals surface area (Å²) < 4.78 is 0. The molecule has 0 aromatic heterocycles. The molecule has 2 amide bonds. The van der Waals surface area contributed by atoms with Gasteiger partial charge in [0.25, 0.3) is 0 Å². The molecule has 3 aromatic rings. The van der Waals surface area contributed by atoms with E-state index in [0.717, 1.165) is 22.4 Å². The van der Waals surface area contributed by atoms with Gasteiger partial charge in [-0.15, -0.1) is 0 Å². The zero-order valence-corrected chi connectivity index (χ0v) is 16.0. The summed E-state index contributed by atoms with van der Waals surface area (Å²) in [6.45, 7) is 2.85. The zero-order chi connectivity index (χ0) is 19.8. The van der Waals surface area contributed by atoms with Gasteiger partial charge in [-0.3, -0.25) is 9.59 Å². The highest BCUT2D eigenvalue weighted by molar-refractivity contribution is 6.04. The molecule has 0 bridgehead atoms. The van der Waals surface area contributed by atoms with Crippen LogP contribution in [0, 0.1) is 6.92 Å². The first kappa shape index (κ1) is 19.4. The average molecular weight is 372 g/mol. The maximum Gasteiger partial charge on any atom is 0.236 e. The van der Waals surface area contributed by atoms with E-state index in [1.54, 1.807) is 4.90 Å². The van der Waals surface area contributed by atoms with Crippen LogP contribution < -0.4 is 10.2 Å². The Bertz CT molecular complexity index is 924. The van der Waals surface area contributed by atoms with Gasteiger partial charge in [0.15, 0.2) is 0 Å². The number of carbonyl (C=O) groups is 2. The Kier molecular flexibility index (Phi) is 6.58. The van der Waals surface area contributed by atoms with Crippen LogP contribution in [0.15, 0.2) is 84.9 Å². The van der Waals surface area contributed by atoms with Crippen LogP contribution in [0.3, 0.4) is 0 Å². The first-order valence-electron chi connectivity index (χ1n) is 9.33. The van der Waals surface area contributed by atoms with Crippen LogP contribution >= 0.6 is 0 Å². The van der Waals surface area contributed by atoms with E-state index in [-0.39, 0.29) is 18.2 Å². The van der Waals surface area contributed by atoms with Crippen LogP contribution in [-0.2, 0) is 22.7 Å². The Morgan fingerprint density at radius 1 is 0.821 bits per heavy atom. The molecule has 0 aliphatic rings. The number of hydrogen-bond donors (Lipinski definition) is 1. The van der Waals surface area contributed by atoms with Crippen LogP contribution in [0.25, 0.3) is 0 Å². The lowest BCUT2D eigenvalue weighted by Crippen LogP contribution is -2.35. The van der Waals surface area contributed by atoms with Gasteiger partial charge in [-0.2, -0.15) is 0 Å². The number of amides is 2. The molecular formula is C24H24N2O2. The molecule has 142 valence electrons. The lowest BCUT2D eigenvalue weighted by molar-refractivity contribution is -0.128. The summed E-state index contributed by atoms with van der Waals surface area (Å²) in [7, 11) is 0. The van der Waals surface area contributed by atoms with E-state index in [2.05, 4.69) is 5.32 Å². The van der Waals surface area contributed by atoms with Gasteiger partial charge in [-0.05, 0) is 30.2 Å². The van der Waals surface area contributed by atoms with Crippen molar-refractivity contribution >= 4 is 17.5 Å². The molecule has 0 heterocycles. The summed E-state index contributed by atoms with van der Waals surface area (Å²) in [4.78, 5) is 26.9. The quantitative estimate of drug-likeness (QED) is 0.631. The number of carbonyl (C=O) groups excluding carboxylic acids is 2. The molecule has 4 nitrogen and oxygen atoms in total. The number of anilines is 1. The lowest BCUT2D eigenvalue weighted by atomic mass is 10.1. The second-order valence-corrected chi connectivity index (χ2v) is 6.74. The Morgan fingerprint density at radius 3 is 2.14 bits per heavy atom. The third-order valence-corrected chi connectivity index (χ3v) is 4.44. The number of rotatable bonds is 7. The maximum atomic E-state index is 12.9. The van der Waals surface area contributed by atoms with Crippen LogP contribution in [0.5, 0.6) is 0 Å². The third kappa shape index (κ3) is 5.55. The molecule has 4 heteroatoms. The van der Waals surface area contributed by atoms with Gasteiger partial charge < -0.3 is 10.2 Å². The molecule has 3 rings (SSSR count). The summed E-state index contributed by atoms with van der Waals surface area (Å²) in [6, 6.07) is 27.2. The molecule has 0 aliphatic heterocycles. The Morgan fingerprint density at radius 2 is 1.46 bits per heavy atom. The first-order valence-corrected chi connectivity index (χ1v) is 9.33. The lowest BCUT2D eigenvalue weighted by Gasteiger charge is -2.23. The van der Waals surface area contributed by atoms with E-state index in [1.165, 1.54) is 0 Å². The molecule has 0 fully saturated rings. The molecule has 3 aromatic carbocycles. The molecule has 0 atom stereocenters. The second-order valence-electron chi connectivity index (χ2n) is 6.74. The van der Waals surface area contributed by atoms with Gasteiger partial charge in [-0.1, -0.05) is 78.4 Å². The summed E-state index contributed by atoms with van der Waals surface area (Å²) in [6.07, 6.45) is -0.187. The average Bonchev–Trinajstić information content (AvgIpc) is 2.72. The highest BCUT2D eigenvalue weighted by Crippen LogP contribution is 2.18. The molecule has 0 saturated heterocycles. The molecule has 0 saturated carbocycles. The van der Waals surface area contributed by atoms with E-state index in [4.69, 9.17) is 0 Å². The normalized spacial score (nSPS) is 10.3. The van der Waals surface area contributed by atoms with Gasteiger partial charge in [-0.25, -0.2) is 0 Å². The monoisotopic (exact) mass is 372 g/mol. The van der Waals surface area contributed by atoms with Crippen molar-refractivity contribution in [3.8, 4) is 0 Å². The van der Waals surface area contributed by atoms with Crippen molar-refractivity contribution in [2.75, 3.05) is 4.90 Å². The maximum absolute atomic E-state index is 12.9. The molecule has 0 unspecified atom stereocenters. The van der Waals surface area contributed by atoms with Crippen LogP contribution in [0.2, 0.25) is 0 Å². The fourth-order valence-corrected chi connectivity index (χ4v) is 3.02. The van der Waals surface area contributed by atoms with Crippen LogP contribution in [0.4, 0.5) is 5.69 Å². The number of nitrogens with zero attached hydrogens (tertiary/aromatic N) is 1. The smallest absolute Gasteiger partial charge is 0.236 e. The molecule has 1 N–H and O–H groups in total. The zero-order valence-electron chi connectivity index (χ0n) is 16.0. The predicted octanol–water partition coefficient (Wildman–Crippen LogP) is 4.23. The van der Waals surface area contributed by atoms with E-state index in [9.17, 15) is 9.59 Å². The van der Waals surface area contributed by atoms with Crippen molar-refractivity contribution in [3.63, 3.8) is 0 Å². The van der Waals surface area contributed by atoms with Crippen molar-refractivity contribution < 1.29 is 9.59 Å². The Balaban J connectivity index is 1.66. The molecule has 28 heavy (non-hydrogen) atoms. The van der Waals surface area contributed by atoms with Crippen LogP contribution in [0.1, 0.15) is 23.1 Å². The minimum atomic E-state index is -0.277. The summed E-state index contributed by atoms with van der Waals surface area (Å²) >= 11 is 0. The number of aryl methyl sites for hydroxylation is 1. The van der Waals surface area contributed by atoms with Crippen molar-refractivity contribution in [1.29, 1.82) is 0 Å². The summed E-state index contributed by atoms with van der Waals surface area (Å²) in [5, 5.41) is 2.84. The molecule has 0 radical (unpaired) electrons. The van der Waals surface area contributed by atoms with Crippen LogP contribution in [-0.4, -0.2) is 11.8 Å².